The fourth-order valence-electron chi connectivity index (χ4n) is 2.45. The summed E-state index contributed by atoms with van der Waals surface area (Å²) in [7, 11) is 0. The Kier molecular flexibility index (Phi) is 3.93. The molecule has 1 aromatic heterocycles. The molecule has 0 saturated carbocycles. The number of H-pyrrole nitrogens is 1. The maximum Gasteiger partial charge on any atom is 0.270 e. The number of amides is 2. The lowest BCUT2D eigenvalue weighted by Crippen LogP contribution is -2.58. The number of hydrogen-bond acceptors (Lipinski definition) is 2. The monoisotopic (exact) mass is 263 g/mol. The topological polar surface area (TPSA) is 56.4 Å². The van der Waals surface area contributed by atoms with E-state index in [0.717, 1.165) is 6.54 Å². The Morgan fingerprint density at radius 1 is 1.47 bits per heavy atom. The lowest BCUT2D eigenvalue weighted by Gasteiger charge is -2.39. The molecule has 0 unspecified atom stereocenters. The second kappa shape index (κ2) is 5.47. The molecule has 1 aliphatic heterocycles. The molecule has 1 fully saturated rings. The molecule has 104 valence electrons. The quantitative estimate of drug-likeness (QED) is 0.894. The van der Waals surface area contributed by atoms with Crippen LogP contribution in [0.25, 0.3) is 0 Å². The van der Waals surface area contributed by atoms with Crippen LogP contribution in [0.3, 0.4) is 0 Å². The Bertz CT molecular complexity index is 453. The van der Waals surface area contributed by atoms with Gasteiger partial charge in [-0.3, -0.25) is 9.59 Å². The highest BCUT2D eigenvalue weighted by atomic mass is 16.2. The lowest BCUT2D eigenvalue weighted by molar-refractivity contribution is -0.140. The molecule has 2 rings (SSSR count). The number of nitrogens with one attached hydrogen (secondary N) is 1. The van der Waals surface area contributed by atoms with Crippen LogP contribution in [0.4, 0.5) is 0 Å². The van der Waals surface area contributed by atoms with E-state index in [2.05, 4.69) is 18.8 Å². The van der Waals surface area contributed by atoms with E-state index in [0.29, 0.717) is 24.7 Å². The van der Waals surface area contributed by atoms with Gasteiger partial charge in [-0.05, 0) is 25.0 Å². The molecule has 1 atom stereocenters. The van der Waals surface area contributed by atoms with Crippen molar-refractivity contribution in [3.05, 3.63) is 24.0 Å². The van der Waals surface area contributed by atoms with Gasteiger partial charge in [-0.15, -0.1) is 0 Å². The van der Waals surface area contributed by atoms with Gasteiger partial charge < -0.3 is 14.8 Å². The summed E-state index contributed by atoms with van der Waals surface area (Å²) in [5.41, 5.74) is 0.539. The van der Waals surface area contributed by atoms with Crippen LogP contribution in [0.5, 0.6) is 0 Å². The number of hydrogen-bond donors (Lipinski definition) is 1. The first kappa shape index (κ1) is 13.6. The average molecular weight is 263 g/mol. The van der Waals surface area contributed by atoms with Gasteiger partial charge in [0, 0.05) is 25.8 Å². The Hall–Kier alpha value is -1.78. The third-order valence-electron chi connectivity index (χ3n) is 3.42. The standard InChI is InChI=1S/C14H21N3O2/c1-10(2)9-16-7-8-17(11(3)13(16)18)14(19)12-5-4-6-15-12/h4-6,10-11,15H,7-9H2,1-3H3/t11-/m1/s1. The smallest absolute Gasteiger partial charge is 0.270 e. The van der Waals surface area contributed by atoms with Crippen molar-refractivity contribution < 1.29 is 9.59 Å². The van der Waals surface area contributed by atoms with Crippen molar-refractivity contribution in [2.45, 2.75) is 26.8 Å². The molecule has 0 bridgehead atoms. The minimum absolute atomic E-state index is 0.0415. The van der Waals surface area contributed by atoms with Gasteiger partial charge >= 0.3 is 0 Å². The van der Waals surface area contributed by atoms with Gasteiger partial charge in [0.15, 0.2) is 0 Å². The van der Waals surface area contributed by atoms with Crippen molar-refractivity contribution in [1.82, 2.24) is 14.8 Å². The predicted molar refractivity (Wildman–Crippen MR) is 72.7 cm³/mol. The number of nitrogens with zero attached hydrogens (tertiary/aromatic N) is 2. The van der Waals surface area contributed by atoms with Gasteiger partial charge in [-0.2, -0.15) is 0 Å². The van der Waals surface area contributed by atoms with E-state index in [1.807, 2.05) is 4.90 Å². The van der Waals surface area contributed by atoms with Crippen molar-refractivity contribution in [3.63, 3.8) is 0 Å². The lowest BCUT2D eigenvalue weighted by atomic mass is 10.1. The molecule has 1 N–H and O–H groups in total. The molecule has 1 aromatic rings. The molecule has 2 amide bonds. The fourth-order valence-corrected chi connectivity index (χ4v) is 2.45. The zero-order chi connectivity index (χ0) is 14.0. The minimum atomic E-state index is -0.386. The summed E-state index contributed by atoms with van der Waals surface area (Å²) in [5, 5.41) is 0. The molecular weight excluding hydrogens is 242 g/mol. The van der Waals surface area contributed by atoms with Gasteiger partial charge in [0.2, 0.25) is 5.91 Å². The highest BCUT2D eigenvalue weighted by molar-refractivity contribution is 5.96. The summed E-state index contributed by atoms with van der Waals surface area (Å²) in [4.78, 5) is 30.9. The Labute approximate surface area is 113 Å². The Morgan fingerprint density at radius 3 is 2.79 bits per heavy atom. The molecule has 2 heterocycles. The van der Waals surface area contributed by atoms with E-state index >= 15 is 0 Å². The summed E-state index contributed by atoms with van der Waals surface area (Å²) < 4.78 is 0. The van der Waals surface area contributed by atoms with Crippen LogP contribution < -0.4 is 0 Å². The van der Waals surface area contributed by atoms with Crippen LogP contribution in [0.1, 0.15) is 31.3 Å². The molecule has 1 aliphatic rings. The van der Waals surface area contributed by atoms with Gasteiger partial charge in [0.05, 0.1) is 0 Å². The second-order valence-corrected chi connectivity index (χ2v) is 5.44. The van der Waals surface area contributed by atoms with Crippen molar-refractivity contribution >= 4 is 11.8 Å². The van der Waals surface area contributed by atoms with Crippen LogP contribution in [0, 0.1) is 5.92 Å². The summed E-state index contributed by atoms with van der Waals surface area (Å²) >= 11 is 0. The van der Waals surface area contributed by atoms with E-state index < -0.39 is 0 Å². The number of piperazine rings is 1. The van der Waals surface area contributed by atoms with E-state index in [1.54, 1.807) is 30.2 Å². The van der Waals surface area contributed by atoms with Crippen molar-refractivity contribution in [2.75, 3.05) is 19.6 Å². The molecule has 0 radical (unpaired) electrons. The maximum atomic E-state index is 12.3. The maximum absolute atomic E-state index is 12.3. The second-order valence-electron chi connectivity index (χ2n) is 5.44. The minimum Gasteiger partial charge on any atom is -0.357 e. The van der Waals surface area contributed by atoms with Crippen molar-refractivity contribution in [1.29, 1.82) is 0 Å². The summed E-state index contributed by atoms with van der Waals surface area (Å²) in [6.07, 6.45) is 1.72. The highest BCUT2D eigenvalue weighted by Gasteiger charge is 2.34. The number of carbonyl (C=O) groups excluding carboxylic acids is 2. The van der Waals surface area contributed by atoms with E-state index in [1.165, 1.54) is 0 Å². The molecular formula is C14H21N3O2. The van der Waals surface area contributed by atoms with Crippen molar-refractivity contribution in [3.8, 4) is 0 Å². The SMILES string of the molecule is CC(C)CN1CCN(C(=O)c2ccc[nH]2)[C@H](C)C1=O. The Balaban J connectivity index is 2.07. The zero-order valence-corrected chi connectivity index (χ0v) is 11.7. The predicted octanol–water partition coefficient (Wildman–Crippen LogP) is 1.34. The van der Waals surface area contributed by atoms with E-state index in [-0.39, 0.29) is 17.9 Å². The first-order valence-corrected chi connectivity index (χ1v) is 6.74. The number of rotatable bonds is 3. The van der Waals surface area contributed by atoms with Gasteiger partial charge in [-0.25, -0.2) is 0 Å². The van der Waals surface area contributed by atoms with E-state index in [9.17, 15) is 9.59 Å². The normalized spacial score (nSPS) is 20.2. The highest BCUT2D eigenvalue weighted by Crippen LogP contribution is 2.15. The zero-order valence-electron chi connectivity index (χ0n) is 11.7. The first-order chi connectivity index (χ1) is 9.00. The molecule has 0 spiro atoms. The molecule has 0 aliphatic carbocycles. The van der Waals surface area contributed by atoms with E-state index in [4.69, 9.17) is 0 Å². The van der Waals surface area contributed by atoms with Crippen molar-refractivity contribution in [2.24, 2.45) is 5.92 Å². The molecule has 5 nitrogen and oxygen atoms in total. The summed E-state index contributed by atoms with van der Waals surface area (Å²) in [6, 6.07) is 3.14. The van der Waals surface area contributed by atoms with Crippen LogP contribution in [-0.4, -0.2) is 52.3 Å². The summed E-state index contributed by atoms with van der Waals surface area (Å²) in [6.45, 7) is 7.96. The number of carbonyl (C=O) groups is 2. The molecule has 5 heteroatoms. The molecule has 1 saturated heterocycles. The van der Waals surface area contributed by atoms with Crippen LogP contribution in [0.15, 0.2) is 18.3 Å². The summed E-state index contributed by atoms with van der Waals surface area (Å²) in [5.74, 6) is 0.386. The fraction of sp³-hybridized carbons (Fsp3) is 0.571. The Morgan fingerprint density at radius 2 is 2.21 bits per heavy atom. The largest absolute Gasteiger partial charge is 0.357 e. The number of aromatic amines is 1. The molecule has 0 aromatic carbocycles. The van der Waals surface area contributed by atoms with Crippen LogP contribution in [0.2, 0.25) is 0 Å². The van der Waals surface area contributed by atoms with Crippen LogP contribution >= 0.6 is 0 Å². The van der Waals surface area contributed by atoms with Gasteiger partial charge in [0.1, 0.15) is 11.7 Å². The third kappa shape index (κ3) is 2.80. The average Bonchev–Trinajstić information content (AvgIpc) is 2.88. The van der Waals surface area contributed by atoms with Gasteiger partial charge in [-0.1, -0.05) is 13.8 Å². The van der Waals surface area contributed by atoms with Crippen LogP contribution in [-0.2, 0) is 4.79 Å². The van der Waals surface area contributed by atoms with Gasteiger partial charge in [0.25, 0.3) is 5.91 Å². The first-order valence-electron chi connectivity index (χ1n) is 6.74. The third-order valence-corrected chi connectivity index (χ3v) is 3.42. The molecule has 19 heavy (non-hydrogen) atoms. The number of aromatic nitrogens is 1.